The minimum atomic E-state index is -2.91. The Bertz CT molecular complexity index is 400. The van der Waals surface area contributed by atoms with Gasteiger partial charge in [0.25, 0.3) is 0 Å². The molecule has 98 valence electrons. The van der Waals surface area contributed by atoms with Crippen molar-refractivity contribution < 1.29 is 13.2 Å². The number of ether oxygens (including phenoxy) is 1. The first kappa shape index (κ1) is 13.2. The predicted molar refractivity (Wildman–Crippen MR) is 70.4 cm³/mol. The number of amidine groups is 1. The summed E-state index contributed by atoms with van der Waals surface area (Å²) < 4.78 is 27.3. The van der Waals surface area contributed by atoms with Gasteiger partial charge < -0.3 is 10.1 Å². The molecule has 0 amide bonds. The second-order valence-electron chi connectivity index (χ2n) is 4.62. The van der Waals surface area contributed by atoms with Gasteiger partial charge in [-0.25, -0.2) is 8.42 Å². The van der Waals surface area contributed by atoms with Crippen LogP contribution in [0, 0.1) is 0 Å². The molecular weight excluding hydrogens is 260 g/mol. The SMILES string of the molecule is CS(=O)(=O)CCN=C1NC2(CCOCC2)CS1. The summed E-state index contributed by atoms with van der Waals surface area (Å²) in [4.78, 5) is 4.31. The average Bonchev–Trinajstić information content (AvgIpc) is 2.61. The molecule has 1 spiro atoms. The van der Waals surface area contributed by atoms with Gasteiger partial charge >= 0.3 is 0 Å². The summed E-state index contributed by atoms with van der Waals surface area (Å²) in [6.45, 7) is 1.94. The minimum Gasteiger partial charge on any atom is -0.381 e. The maximum Gasteiger partial charge on any atom is 0.157 e. The van der Waals surface area contributed by atoms with Crippen molar-refractivity contribution in [3.63, 3.8) is 0 Å². The van der Waals surface area contributed by atoms with E-state index in [-0.39, 0.29) is 11.3 Å². The number of thioether (sulfide) groups is 1. The lowest BCUT2D eigenvalue weighted by Gasteiger charge is -2.32. The summed E-state index contributed by atoms with van der Waals surface area (Å²) in [5.41, 5.74) is 0.132. The van der Waals surface area contributed by atoms with E-state index in [9.17, 15) is 8.42 Å². The monoisotopic (exact) mass is 278 g/mol. The van der Waals surface area contributed by atoms with Crippen molar-refractivity contribution in [2.24, 2.45) is 4.99 Å². The van der Waals surface area contributed by atoms with Gasteiger partial charge in [-0.1, -0.05) is 11.8 Å². The molecular formula is C10H18N2O3S2. The highest BCUT2D eigenvalue weighted by atomic mass is 32.2. The Morgan fingerprint density at radius 2 is 2.18 bits per heavy atom. The summed E-state index contributed by atoms with van der Waals surface area (Å²) in [5, 5.41) is 4.32. The highest BCUT2D eigenvalue weighted by molar-refractivity contribution is 8.14. The van der Waals surface area contributed by atoms with Crippen molar-refractivity contribution >= 4 is 26.8 Å². The second-order valence-corrected chi connectivity index (χ2v) is 7.85. The lowest BCUT2D eigenvalue weighted by atomic mass is 9.93. The van der Waals surface area contributed by atoms with Gasteiger partial charge in [-0.15, -0.1) is 0 Å². The number of nitrogens with one attached hydrogen (secondary N) is 1. The quantitative estimate of drug-likeness (QED) is 0.803. The van der Waals surface area contributed by atoms with Gasteiger partial charge in [-0.2, -0.15) is 0 Å². The number of aliphatic imine (C=N–C) groups is 1. The third-order valence-corrected chi connectivity index (χ3v) is 5.15. The van der Waals surface area contributed by atoms with Crippen LogP contribution in [0.4, 0.5) is 0 Å². The van der Waals surface area contributed by atoms with Crippen LogP contribution in [0.5, 0.6) is 0 Å². The van der Waals surface area contributed by atoms with Gasteiger partial charge in [0.05, 0.1) is 17.8 Å². The van der Waals surface area contributed by atoms with E-state index in [4.69, 9.17) is 4.74 Å². The van der Waals surface area contributed by atoms with Crippen molar-refractivity contribution in [1.82, 2.24) is 5.32 Å². The Hall–Kier alpha value is -0.270. The zero-order chi connectivity index (χ0) is 12.4. The lowest BCUT2D eigenvalue weighted by Crippen LogP contribution is -2.48. The van der Waals surface area contributed by atoms with E-state index in [1.807, 2.05) is 0 Å². The number of nitrogens with zero attached hydrogens (tertiary/aromatic N) is 1. The molecule has 2 rings (SSSR count). The first-order chi connectivity index (χ1) is 7.99. The summed E-state index contributed by atoms with van der Waals surface area (Å²) in [5.74, 6) is 1.13. The summed E-state index contributed by atoms with van der Waals surface area (Å²) >= 11 is 1.69. The van der Waals surface area contributed by atoms with Crippen LogP contribution in [-0.2, 0) is 14.6 Å². The van der Waals surface area contributed by atoms with Crippen LogP contribution in [0.3, 0.4) is 0 Å². The van der Waals surface area contributed by atoms with Gasteiger partial charge in [-0.05, 0) is 12.8 Å². The zero-order valence-electron chi connectivity index (χ0n) is 9.94. The zero-order valence-corrected chi connectivity index (χ0v) is 11.6. The van der Waals surface area contributed by atoms with Crippen molar-refractivity contribution in [3.05, 3.63) is 0 Å². The fraction of sp³-hybridized carbons (Fsp3) is 0.900. The van der Waals surface area contributed by atoms with E-state index >= 15 is 0 Å². The third-order valence-electron chi connectivity index (χ3n) is 3.02. The number of hydrogen-bond donors (Lipinski definition) is 1. The van der Waals surface area contributed by atoms with Gasteiger partial charge in [0.1, 0.15) is 9.84 Å². The fourth-order valence-corrected chi connectivity index (χ4v) is 3.60. The Morgan fingerprint density at radius 3 is 2.82 bits per heavy atom. The highest BCUT2D eigenvalue weighted by Gasteiger charge is 2.38. The molecule has 2 aliphatic heterocycles. The van der Waals surface area contributed by atoms with Gasteiger partial charge in [0.2, 0.25) is 0 Å². The van der Waals surface area contributed by atoms with E-state index in [0.717, 1.165) is 37.0 Å². The molecule has 2 saturated heterocycles. The van der Waals surface area contributed by atoms with Crippen molar-refractivity contribution in [2.75, 3.05) is 37.5 Å². The topological polar surface area (TPSA) is 67.8 Å². The molecule has 17 heavy (non-hydrogen) atoms. The number of rotatable bonds is 3. The second kappa shape index (κ2) is 5.16. The third kappa shape index (κ3) is 3.86. The van der Waals surface area contributed by atoms with Gasteiger partial charge in [0.15, 0.2) is 5.17 Å². The largest absolute Gasteiger partial charge is 0.381 e. The Morgan fingerprint density at radius 1 is 1.47 bits per heavy atom. The van der Waals surface area contributed by atoms with Crippen LogP contribution in [0.1, 0.15) is 12.8 Å². The molecule has 0 aromatic heterocycles. The predicted octanol–water partition coefficient (Wildman–Crippen LogP) is 0.273. The number of hydrogen-bond acceptors (Lipinski definition) is 5. The lowest BCUT2D eigenvalue weighted by molar-refractivity contribution is 0.0555. The van der Waals surface area contributed by atoms with Crippen LogP contribution < -0.4 is 5.32 Å². The Labute approximate surface area is 106 Å². The molecule has 0 aliphatic carbocycles. The summed E-state index contributed by atoms with van der Waals surface area (Å²) in [7, 11) is -2.91. The molecule has 0 aromatic carbocycles. The molecule has 2 heterocycles. The van der Waals surface area contributed by atoms with E-state index < -0.39 is 9.84 Å². The van der Waals surface area contributed by atoms with Gasteiger partial charge in [-0.3, -0.25) is 4.99 Å². The number of sulfone groups is 1. The summed E-state index contributed by atoms with van der Waals surface area (Å²) in [6, 6.07) is 0. The standard InChI is InChI=1S/C10H18N2O3S2/c1-17(13,14)7-4-11-9-12-10(8-16-9)2-5-15-6-3-10/h2-8H2,1H3,(H,11,12). The molecule has 7 heteroatoms. The first-order valence-electron chi connectivity index (χ1n) is 5.70. The highest BCUT2D eigenvalue weighted by Crippen LogP contribution is 2.31. The molecule has 5 nitrogen and oxygen atoms in total. The van der Waals surface area contributed by atoms with Gasteiger partial charge in [0, 0.05) is 25.2 Å². The molecule has 2 aliphatic rings. The fourth-order valence-electron chi connectivity index (χ4n) is 1.94. The average molecular weight is 278 g/mol. The van der Waals surface area contributed by atoms with Crippen molar-refractivity contribution in [1.29, 1.82) is 0 Å². The molecule has 0 saturated carbocycles. The Balaban J connectivity index is 1.86. The molecule has 0 aromatic rings. The maximum absolute atomic E-state index is 11.0. The van der Waals surface area contributed by atoms with Crippen LogP contribution >= 0.6 is 11.8 Å². The molecule has 0 radical (unpaired) electrons. The normalized spacial score (nSPS) is 26.3. The van der Waals surface area contributed by atoms with Crippen LogP contribution in [0.2, 0.25) is 0 Å². The van der Waals surface area contributed by atoms with Crippen LogP contribution in [0.15, 0.2) is 4.99 Å². The van der Waals surface area contributed by atoms with E-state index in [0.29, 0.717) is 6.54 Å². The molecule has 0 atom stereocenters. The summed E-state index contributed by atoms with van der Waals surface area (Å²) in [6.07, 6.45) is 3.25. The van der Waals surface area contributed by atoms with Crippen molar-refractivity contribution in [2.45, 2.75) is 18.4 Å². The van der Waals surface area contributed by atoms with Crippen LogP contribution in [-0.4, -0.2) is 56.6 Å². The molecule has 0 unspecified atom stereocenters. The van der Waals surface area contributed by atoms with Crippen molar-refractivity contribution in [3.8, 4) is 0 Å². The minimum absolute atomic E-state index is 0.120. The maximum atomic E-state index is 11.0. The smallest absolute Gasteiger partial charge is 0.157 e. The Kier molecular flexibility index (Phi) is 3.99. The van der Waals surface area contributed by atoms with E-state index in [1.165, 1.54) is 6.26 Å². The van der Waals surface area contributed by atoms with E-state index in [1.54, 1.807) is 11.8 Å². The van der Waals surface area contributed by atoms with Crippen LogP contribution in [0.25, 0.3) is 0 Å². The first-order valence-corrected chi connectivity index (χ1v) is 8.75. The van der Waals surface area contributed by atoms with E-state index in [2.05, 4.69) is 10.3 Å². The molecule has 1 N–H and O–H groups in total. The molecule has 0 bridgehead atoms. The molecule has 2 fully saturated rings.